The molecule has 1 atom stereocenters. The van der Waals surface area contributed by atoms with Gasteiger partial charge in [-0.15, -0.1) is 0 Å². The minimum atomic E-state index is 0.0626. The Labute approximate surface area is 151 Å². The van der Waals surface area contributed by atoms with Gasteiger partial charge in [0.2, 0.25) is 5.91 Å². The van der Waals surface area contributed by atoms with E-state index >= 15 is 0 Å². The molecule has 1 N–H and O–H groups in total. The highest BCUT2D eigenvalue weighted by molar-refractivity contribution is 6.35. The summed E-state index contributed by atoms with van der Waals surface area (Å²) in [5.41, 5.74) is 4.48. The number of carbonyl (C=O) groups is 1. The number of nitrogens with one attached hydrogen (secondary N) is 1. The summed E-state index contributed by atoms with van der Waals surface area (Å²) in [6.07, 6.45) is 2.63. The Bertz CT molecular complexity index is 947. The molecule has 0 saturated heterocycles. The van der Waals surface area contributed by atoms with Gasteiger partial charge in [-0.2, -0.15) is 5.10 Å². The topological polar surface area (TPSA) is 46.9 Å². The third-order valence-electron chi connectivity index (χ3n) is 5.04. The van der Waals surface area contributed by atoms with E-state index in [1.165, 1.54) is 11.1 Å². The van der Waals surface area contributed by atoms with Crippen molar-refractivity contribution in [3.8, 4) is 0 Å². The van der Waals surface area contributed by atoms with Crippen molar-refractivity contribution in [3.05, 3.63) is 64.3 Å². The number of carbonyl (C=O) groups excluding carboxylic acids is 1. The fourth-order valence-electron chi connectivity index (χ4n) is 3.81. The summed E-state index contributed by atoms with van der Waals surface area (Å²) >= 11 is 6.32. The van der Waals surface area contributed by atoms with Crippen LogP contribution in [-0.2, 0) is 24.8 Å². The van der Waals surface area contributed by atoms with Gasteiger partial charge in [0.1, 0.15) is 0 Å². The first-order valence-electron chi connectivity index (χ1n) is 8.58. The van der Waals surface area contributed by atoms with Gasteiger partial charge < -0.3 is 5.32 Å². The Morgan fingerprint density at radius 1 is 1.28 bits per heavy atom. The number of rotatable bonds is 4. The predicted octanol–water partition coefficient (Wildman–Crippen LogP) is 3.96. The Kier molecular flexibility index (Phi) is 4.22. The van der Waals surface area contributed by atoms with Gasteiger partial charge in [-0.25, -0.2) is 0 Å². The summed E-state index contributed by atoms with van der Waals surface area (Å²) in [5, 5.41) is 9.10. The van der Waals surface area contributed by atoms with Crippen molar-refractivity contribution in [1.29, 1.82) is 0 Å². The van der Waals surface area contributed by atoms with Crippen molar-refractivity contribution in [2.75, 3.05) is 0 Å². The molecule has 1 amide bonds. The van der Waals surface area contributed by atoms with E-state index in [0.29, 0.717) is 23.9 Å². The van der Waals surface area contributed by atoms with Crippen LogP contribution in [0.15, 0.2) is 42.5 Å². The van der Waals surface area contributed by atoms with Crippen LogP contribution in [0.2, 0.25) is 5.02 Å². The quantitative estimate of drug-likeness (QED) is 0.771. The summed E-state index contributed by atoms with van der Waals surface area (Å²) in [5.74, 6) is 0.382. The fourth-order valence-corrected chi connectivity index (χ4v) is 4.09. The second-order valence-corrected chi connectivity index (χ2v) is 7.03. The first-order chi connectivity index (χ1) is 12.1. The van der Waals surface area contributed by atoms with Gasteiger partial charge in [0.05, 0.1) is 22.8 Å². The maximum atomic E-state index is 12.4. The van der Waals surface area contributed by atoms with E-state index in [1.54, 1.807) is 4.68 Å². The molecule has 2 aromatic carbocycles. The molecular weight excluding hydrogens is 334 g/mol. The van der Waals surface area contributed by atoms with Gasteiger partial charge in [0.15, 0.2) is 0 Å². The second kappa shape index (κ2) is 6.52. The van der Waals surface area contributed by atoms with Gasteiger partial charge >= 0.3 is 0 Å². The predicted molar refractivity (Wildman–Crippen MR) is 99.7 cm³/mol. The number of hydrogen-bond acceptors (Lipinski definition) is 2. The van der Waals surface area contributed by atoms with Gasteiger partial charge in [0.25, 0.3) is 0 Å². The number of halogens is 1. The number of amides is 1. The van der Waals surface area contributed by atoms with Crippen molar-refractivity contribution >= 4 is 28.4 Å². The van der Waals surface area contributed by atoms with E-state index in [1.807, 2.05) is 25.2 Å². The van der Waals surface area contributed by atoms with Crippen molar-refractivity contribution in [2.45, 2.75) is 31.7 Å². The second-order valence-electron chi connectivity index (χ2n) is 6.62. The molecule has 0 unspecified atom stereocenters. The number of fused-ring (bicyclic) bond motifs is 2. The molecule has 4 nitrogen and oxygen atoms in total. The van der Waals surface area contributed by atoms with Crippen LogP contribution >= 0.6 is 11.6 Å². The van der Waals surface area contributed by atoms with Gasteiger partial charge in [0, 0.05) is 18.9 Å². The summed E-state index contributed by atoms with van der Waals surface area (Å²) < 4.78 is 1.80. The van der Waals surface area contributed by atoms with Gasteiger partial charge in [-0.1, -0.05) is 41.9 Å². The zero-order valence-corrected chi connectivity index (χ0v) is 14.9. The smallest absolute Gasteiger partial charge is 0.220 e. The summed E-state index contributed by atoms with van der Waals surface area (Å²) in [4.78, 5) is 12.4. The van der Waals surface area contributed by atoms with E-state index in [2.05, 4.69) is 34.7 Å². The van der Waals surface area contributed by atoms with E-state index < -0.39 is 0 Å². The average molecular weight is 354 g/mol. The highest BCUT2D eigenvalue weighted by Crippen LogP contribution is 2.35. The normalized spacial score (nSPS) is 16.2. The van der Waals surface area contributed by atoms with E-state index in [4.69, 9.17) is 11.6 Å². The standard InChI is InChI=1S/C20H20ClN3O/c1-24-18-8-4-7-16(21)20(18)17(23-24)12-22-19(25)11-14-10-9-13-5-2-3-6-15(13)14/h2-8,14H,9-12H2,1H3,(H,22,25)/t14-/m1/s1. The Morgan fingerprint density at radius 3 is 3.00 bits per heavy atom. The van der Waals surface area contributed by atoms with Crippen LogP contribution in [0.5, 0.6) is 0 Å². The van der Waals surface area contributed by atoms with Crippen LogP contribution in [0.3, 0.4) is 0 Å². The molecule has 1 aromatic heterocycles. The van der Waals surface area contributed by atoms with Crippen molar-refractivity contribution in [2.24, 2.45) is 7.05 Å². The molecule has 4 rings (SSSR count). The summed E-state index contributed by atoms with van der Waals surface area (Å²) in [7, 11) is 1.89. The molecule has 0 fully saturated rings. The average Bonchev–Trinajstić information content (AvgIpc) is 3.16. The highest BCUT2D eigenvalue weighted by atomic mass is 35.5. The Balaban J connectivity index is 1.45. The molecule has 1 heterocycles. The fraction of sp³-hybridized carbons (Fsp3) is 0.300. The Hall–Kier alpha value is -2.33. The number of hydrogen-bond donors (Lipinski definition) is 1. The zero-order valence-electron chi connectivity index (χ0n) is 14.1. The molecule has 128 valence electrons. The van der Waals surface area contributed by atoms with Crippen molar-refractivity contribution < 1.29 is 4.79 Å². The molecule has 0 radical (unpaired) electrons. The lowest BCUT2D eigenvalue weighted by Gasteiger charge is -2.11. The highest BCUT2D eigenvalue weighted by Gasteiger charge is 2.24. The molecule has 0 saturated carbocycles. The number of nitrogens with zero attached hydrogens (tertiary/aromatic N) is 2. The van der Waals surface area contributed by atoms with Crippen molar-refractivity contribution in [3.63, 3.8) is 0 Å². The molecule has 5 heteroatoms. The van der Waals surface area contributed by atoms with E-state index in [9.17, 15) is 4.79 Å². The maximum Gasteiger partial charge on any atom is 0.220 e. The molecule has 25 heavy (non-hydrogen) atoms. The monoisotopic (exact) mass is 353 g/mol. The first-order valence-corrected chi connectivity index (χ1v) is 8.96. The number of benzene rings is 2. The molecule has 3 aromatic rings. The number of aryl methyl sites for hydroxylation is 2. The molecule has 1 aliphatic rings. The molecule has 1 aliphatic carbocycles. The largest absolute Gasteiger partial charge is 0.350 e. The first kappa shape index (κ1) is 16.2. The third-order valence-corrected chi connectivity index (χ3v) is 5.36. The maximum absolute atomic E-state index is 12.4. The molecule has 0 aliphatic heterocycles. The van der Waals surface area contributed by atoms with Crippen LogP contribution in [0.4, 0.5) is 0 Å². The molecular formula is C20H20ClN3O. The van der Waals surface area contributed by atoms with Crippen LogP contribution in [0, 0.1) is 0 Å². The lowest BCUT2D eigenvalue weighted by atomic mass is 9.97. The minimum Gasteiger partial charge on any atom is -0.350 e. The van der Waals surface area contributed by atoms with E-state index in [0.717, 1.165) is 29.4 Å². The number of aromatic nitrogens is 2. The summed E-state index contributed by atoms with van der Waals surface area (Å²) in [6.45, 7) is 0.397. The van der Waals surface area contributed by atoms with Crippen LogP contribution in [-0.4, -0.2) is 15.7 Å². The summed E-state index contributed by atoms with van der Waals surface area (Å²) in [6, 6.07) is 14.2. The third kappa shape index (κ3) is 3.02. The van der Waals surface area contributed by atoms with Gasteiger partial charge in [-0.05, 0) is 42.0 Å². The molecule has 0 spiro atoms. The zero-order chi connectivity index (χ0) is 17.4. The minimum absolute atomic E-state index is 0.0626. The van der Waals surface area contributed by atoms with Gasteiger partial charge in [-0.3, -0.25) is 9.48 Å². The van der Waals surface area contributed by atoms with Crippen molar-refractivity contribution in [1.82, 2.24) is 15.1 Å². The molecule has 0 bridgehead atoms. The SMILES string of the molecule is Cn1nc(CNC(=O)C[C@H]2CCc3ccccc32)c2c(Cl)cccc21. The van der Waals surface area contributed by atoms with Crippen LogP contribution in [0.1, 0.15) is 35.6 Å². The van der Waals surface area contributed by atoms with Crippen LogP contribution in [0.25, 0.3) is 10.9 Å². The van der Waals surface area contributed by atoms with Crippen LogP contribution < -0.4 is 5.32 Å². The Morgan fingerprint density at radius 2 is 2.12 bits per heavy atom. The lowest BCUT2D eigenvalue weighted by Crippen LogP contribution is -2.24. The lowest BCUT2D eigenvalue weighted by molar-refractivity contribution is -0.121. The van der Waals surface area contributed by atoms with E-state index in [-0.39, 0.29) is 5.91 Å².